The van der Waals surface area contributed by atoms with Gasteiger partial charge in [-0.25, -0.2) is 8.42 Å². The van der Waals surface area contributed by atoms with Crippen molar-refractivity contribution in [1.82, 2.24) is 5.32 Å². The maximum absolute atomic E-state index is 11.5. The van der Waals surface area contributed by atoms with Crippen LogP contribution in [-0.2, 0) is 14.6 Å². The van der Waals surface area contributed by atoms with Crippen LogP contribution in [0.25, 0.3) is 0 Å². The molecule has 0 aliphatic carbocycles. The van der Waals surface area contributed by atoms with Gasteiger partial charge in [-0.1, -0.05) is 0 Å². The van der Waals surface area contributed by atoms with Crippen LogP contribution in [-0.4, -0.2) is 31.9 Å². The first-order chi connectivity index (χ1) is 6.41. The van der Waals surface area contributed by atoms with Gasteiger partial charge in [0.25, 0.3) is 0 Å². The number of amides is 1. The largest absolute Gasteiger partial charge is 0.354 e. The molecule has 0 spiro atoms. The van der Waals surface area contributed by atoms with E-state index in [4.69, 9.17) is 0 Å². The highest BCUT2D eigenvalue weighted by Gasteiger charge is 2.29. The lowest BCUT2D eigenvalue weighted by Gasteiger charge is -2.22. The molecule has 1 heterocycles. The van der Waals surface area contributed by atoms with Crippen molar-refractivity contribution in [3.63, 3.8) is 0 Å². The van der Waals surface area contributed by atoms with Gasteiger partial charge in [-0.05, 0) is 26.7 Å². The van der Waals surface area contributed by atoms with Crippen LogP contribution < -0.4 is 5.32 Å². The van der Waals surface area contributed by atoms with Crippen LogP contribution in [0.15, 0.2) is 0 Å². The molecule has 1 amide bonds. The standard InChI is InChI=1S/C9H17NO3S/c1-7(2)10-9(11)8-4-3-5-14(12,13)6-8/h7-8H,3-6H2,1-2H3,(H,10,11). The maximum Gasteiger partial charge on any atom is 0.224 e. The molecule has 0 aromatic carbocycles. The molecule has 1 aliphatic rings. The molecule has 5 heteroatoms. The fraction of sp³-hybridized carbons (Fsp3) is 0.889. The van der Waals surface area contributed by atoms with Gasteiger partial charge >= 0.3 is 0 Å². The third-order valence-corrected chi connectivity index (χ3v) is 4.09. The Morgan fingerprint density at radius 3 is 2.57 bits per heavy atom. The van der Waals surface area contributed by atoms with Crippen molar-refractivity contribution in [2.24, 2.45) is 5.92 Å². The second kappa shape index (κ2) is 4.29. The van der Waals surface area contributed by atoms with Gasteiger partial charge in [-0.3, -0.25) is 4.79 Å². The lowest BCUT2D eigenvalue weighted by Crippen LogP contribution is -2.40. The molecule has 1 fully saturated rings. The van der Waals surface area contributed by atoms with Crippen LogP contribution in [0.4, 0.5) is 0 Å². The number of rotatable bonds is 2. The number of nitrogens with one attached hydrogen (secondary N) is 1. The van der Waals surface area contributed by atoms with Gasteiger partial charge in [0.2, 0.25) is 5.91 Å². The number of carbonyl (C=O) groups excluding carboxylic acids is 1. The van der Waals surface area contributed by atoms with Gasteiger partial charge in [0.1, 0.15) is 0 Å². The lowest BCUT2D eigenvalue weighted by molar-refractivity contribution is -0.125. The van der Waals surface area contributed by atoms with Crippen molar-refractivity contribution >= 4 is 15.7 Å². The number of carbonyl (C=O) groups is 1. The molecule has 14 heavy (non-hydrogen) atoms. The number of sulfone groups is 1. The first-order valence-corrected chi connectivity index (χ1v) is 6.73. The van der Waals surface area contributed by atoms with Crippen molar-refractivity contribution in [3.8, 4) is 0 Å². The molecule has 82 valence electrons. The minimum atomic E-state index is -2.97. The van der Waals surface area contributed by atoms with Crippen LogP contribution in [0.1, 0.15) is 26.7 Å². The average molecular weight is 219 g/mol. The van der Waals surface area contributed by atoms with E-state index in [1.807, 2.05) is 13.8 Å². The Morgan fingerprint density at radius 2 is 2.07 bits per heavy atom. The predicted molar refractivity (Wildman–Crippen MR) is 54.7 cm³/mol. The molecule has 1 rings (SSSR count). The topological polar surface area (TPSA) is 63.2 Å². The third kappa shape index (κ3) is 3.29. The van der Waals surface area contributed by atoms with Crippen molar-refractivity contribution in [3.05, 3.63) is 0 Å². The molecule has 1 N–H and O–H groups in total. The molecule has 0 saturated carbocycles. The zero-order chi connectivity index (χ0) is 10.8. The van der Waals surface area contributed by atoms with Gasteiger partial charge < -0.3 is 5.32 Å². The van der Waals surface area contributed by atoms with Gasteiger partial charge in [-0.15, -0.1) is 0 Å². The van der Waals surface area contributed by atoms with Crippen molar-refractivity contribution in [2.75, 3.05) is 11.5 Å². The van der Waals surface area contributed by atoms with Crippen LogP contribution in [0, 0.1) is 5.92 Å². The molecule has 1 saturated heterocycles. The zero-order valence-electron chi connectivity index (χ0n) is 8.62. The molecule has 1 atom stereocenters. The summed E-state index contributed by atoms with van der Waals surface area (Å²) in [5.74, 6) is -0.205. The van der Waals surface area contributed by atoms with E-state index in [9.17, 15) is 13.2 Å². The van der Waals surface area contributed by atoms with Gasteiger partial charge in [0.05, 0.1) is 17.4 Å². The Labute approximate surface area is 85.0 Å². The van der Waals surface area contributed by atoms with Crippen molar-refractivity contribution < 1.29 is 13.2 Å². The van der Waals surface area contributed by atoms with E-state index in [0.717, 1.165) is 0 Å². The SMILES string of the molecule is CC(C)NC(=O)C1CCCS(=O)(=O)C1. The van der Waals surface area contributed by atoms with E-state index in [1.54, 1.807) is 0 Å². The predicted octanol–water partition coefficient (Wildman–Crippen LogP) is 0.336. The summed E-state index contributed by atoms with van der Waals surface area (Å²) < 4.78 is 22.5. The highest BCUT2D eigenvalue weighted by Crippen LogP contribution is 2.18. The first-order valence-electron chi connectivity index (χ1n) is 4.91. The summed E-state index contributed by atoms with van der Waals surface area (Å²) in [6, 6.07) is 0.0760. The summed E-state index contributed by atoms with van der Waals surface area (Å²) >= 11 is 0. The molecule has 4 nitrogen and oxygen atoms in total. The maximum atomic E-state index is 11.5. The normalized spacial score (nSPS) is 26.1. The Balaban J connectivity index is 2.57. The van der Waals surface area contributed by atoms with Gasteiger partial charge in [-0.2, -0.15) is 0 Å². The van der Waals surface area contributed by atoms with Crippen LogP contribution in [0.5, 0.6) is 0 Å². The zero-order valence-corrected chi connectivity index (χ0v) is 9.43. The Kier molecular flexibility index (Phi) is 3.53. The summed E-state index contributed by atoms with van der Waals surface area (Å²) in [5, 5.41) is 2.75. The van der Waals surface area contributed by atoms with Crippen LogP contribution in [0.2, 0.25) is 0 Å². The molecule has 1 aliphatic heterocycles. The summed E-state index contributed by atoms with van der Waals surface area (Å²) in [7, 11) is -2.97. The average Bonchev–Trinajstić information content (AvgIpc) is 2.01. The first kappa shape index (κ1) is 11.5. The van der Waals surface area contributed by atoms with E-state index in [-0.39, 0.29) is 29.4 Å². The molecule has 1 unspecified atom stereocenters. The summed E-state index contributed by atoms with van der Waals surface area (Å²) in [6.07, 6.45) is 1.30. The Morgan fingerprint density at radius 1 is 1.43 bits per heavy atom. The fourth-order valence-electron chi connectivity index (χ4n) is 1.63. The number of hydrogen-bond acceptors (Lipinski definition) is 3. The van der Waals surface area contributed by atoms with E-state index in [1.165, 1.54) is 0 Å². The summed E-state index contributed by atoms with van der Waals surface area (Å²) in [4.78, 5) is 11.5. The van der Waals surface area contributed by atoms with E-state index in [0.29, 0.717) is 12.8 Å². The Bertz CT molecular complexity index is 308. The van der Waals surface area contributed by atoms with Crippen molar-refractivity contribution in [2.45, 2.75) is 32.7 Å². The molecular formula is C9H17NO3S. The third-order valence-electron chi connectivity index (χ3n) is 2.26. The molecule has 0 radical (unpaired) electrons. The molecular weight excluding hydrogens is 202 g/mol. The molecule has 0 aromatic heterocycles. The minimum absolute atomic E-state index is 0.0194. The molecule has 0 bridgehead atoms. The van der Waals surface area contributed by atoms with Crippen LogP contribution in [0.3, 0.4) is 0 Å². The summed E-state index contributed by atoms with van der Waals surface area (Å²) in [6.45, 7) is 3.74. The van der Waals surface area contributed by atoms with Gasteiger partial charge in [0, 0.05) is 6.04 Å². The van der Waals surface area contributed by atoms with E-state index in [2.05, 4.69) is 5.32 Å². The van der Waals surface area contributed by atoms with Gasteiger partial charge in [0.15, 0.2) is 9.84 Å². The lowest BCUT2D eigenvalue weighted by atomic mass is 10.0. The Hall–Kier alpha value is -0.580. The van der Waals surface area contributed by atoms with E-state index < -0.39 is 9.84 Å². The van der Waals surface area contributed by atoms with E-state index >= 15 is 0 Å². The highest BCUT2D eigenvalue weighted by molar-refractivity contribution is 7.91. The highest BCUT2D eigenvalue weighted by atomic mass is 32.2. The quantitative estimate of drug-likeness (QED) is 0.728. The summed E-state index contributed by atoms with van der Waals surface area (Å²) in [5.41, 5.74) is 0. The smallest absolute Gasteiger partial charge is 0.224 e. The molecule has 0 aromatic rings. The second-order valence-corrected chi connectivity index (χ2v) is 6.35. The monoisotopic (exact) mass is 219 g/mol. The van der Waals surface area contributed by atoms with Crippen molar-refractivity contribution in [1.29, 1.82) is 0 Å². The second-order valence-electron chi connectivity index (χ2n) is 4.12. The fourth-order valence-corrected chi connectivity index (χ4v) is 3.34. The number of hydrogen-bond donors (Lipinski definition) is 1. The minimum Gasteiger partial charge on any atom is -0.354 e. The van der Waals surface area contributed by atoms with Crippen LogP contribution >= 0.6 is 0 Å².